The summed E-state index contributed by atoms with van der Waals surface area (Å²) in [5, 5.41) is 2.93. The standard InChI is InChI=1S/C19H29NO3/c1-2-4-16-6-8-18(9-7-16)23-15-19(21)20-12-3-5-17-10-13-22-14-11-17/h6-9,17H,2-5,10-15H2,1H3,(H,20,21). The van der Waals surface area contributed by atoms with Crippen LogP contribution >= 0.6 is 0 Å². The second-order valence-electron chi connectivity index (χ2n) is 6.23. The summed E-state index contributed by atoms with van der Waals surface area (Å²) in [7, 11) is 0. The van der Waals surface area contributed by atoms with Crippen molar-refractivity contribution in [1.82, 2.24) is 5.32 Å². The number of ether oxygens (including phenoxy) is 2. The Bertz CT molecular complexity index is 452. The Kier molecular flexibility index (Phi) is 7.95. The van der Waals surface area contributed by atoms with Crippen LogP contribution in [0.4, 0.5) is 0 Å². The van der Waals surface area contributed by atoms with E-state index in [9.17, 15) is 4.79 Å². The summed E-state index contributed by atoms with van der Waals surface area (Å²) in [6.45, 7) is 4.76. The van der Waals surface area contributed by atoms with Gasteiger partial charge in [-0.3, -0.25) is 4.79 Å². The van der Waals surface area contributed by atoms with Crippen molar-refractivity contribution in [1.29, 1.82) is 0 Å². The van der Waals surface area contributed by atoms with Crippen LogP contribution in [0, 0.1) is 5.92 Å². The zero-order chi connectivity index (χ0) is 16.3. The maximum atomic E-state index is 11.8. The molecule has 0 atom stereocenters. The first kappa shape index (κ1) is 17.8. The van der Waals surface area contributed by atoms with Crippen molar-refractivity contribution in [2.24, 2.45) is 5.92 Å². The van der Waals surface area contributed by atoms with Crippen LogP contribution in [0.1, 0.15) is 44.6 Å². The average Bonchev–Trinajstić information content (AvgIpc) is 2.59. The van der Waals surface area contributed by atoms with E-state index in [1.54, 1.807) is 0 Å². The Morgan fingerprint density at radius 2 is 2.00 bits per heavy atom. The number of hydrogen-bond donors (Lipinski definition) is 1. The molecule has 23 heavy (non-hydrogen) atoms. The number of nitrogens with one attached hydrogen (secondary N) is 1. The van der Waals surface area contributed by atoms with Gasteiger partial charge in [0.1, 0.15) is 5.75 Å². The maximum absolute atomic E-state index is 11.8. The number of amides is 1. The molecule has 1 aliphatic rings. The molecule has 128 valence electrons. The summed E-state index contributed by atoms with van der Waals surface area (Å²) in [4.78, 5) is 11.8. The van der Waals surface area contributed by atoms with Gasteiger partial charge in [-0.05, 0) is 55.7 Å². The third-order valence-corrected chi connectivity index (χ3v) is 4.28. The molecule has 1 N–H and O–H groups in total. The van der Waals surface area contributed by atoms with Gasteiger partial charge in [-0.25, -0.2) is 0 Å². The van der Waals surface area contributed by atoms with Gasteiger partial charge in [0.05, 0.1) is 0 Å². The van der Waals surface area contributed by atoms with Crippen molar-refractivity contribution >= 4 is 5.91 Å². The molecule has 2 rings (SSSR count). The van der Waals surface area contributed by atoms with E-state index in [1.807, 2.05) is 12.1 Å². The molecule has 1 saturated heterocycles. The minimum Gasteiger partial charge on any atom is -0.484 e. The third-order valence-electron chi connectivity index (χ3n) is 4.28. The summed E-state index contributed by atoms with van der Waals surface area (Å²) in [5.74, 6) is 1.47. The first-order chi connectivity index (χ1) is 11.3. The average molecular weight is 319 g/mol. The Labute approximate surface area is 139 Å². The highest BCUT2D eigenvalue weighted by Crippen LogP contribution is 2.19. The lowest BCUT2D eigenvalue weighted by Gasteiger charge is -2.21. The number of carbonyl (C=O) groups is 1. The molecule has 0 saturated carbocycles. The minimum absolute atomic E-state index is 0.0467. The first-order valence-electron chi connectivity index (χ1n) is 8.84. The molecular formula is C19H29NO3. The van der Waals surface area contributed by atoms with Crippen molar-refractivity contribution in [2.45, 2.75) is 45.4 Å². The Morgan fingerprint density at radius 3 is 2.70 bits per heavy atom. The molecule has 0 radical (unpaired) electrons. The molecule has 0 aromatic heterocycles. The number of rotatable bonds is 9. The largest absolute Gasteiger partial charge is 0.484 e. The molecule has 1 aromatic carbocycles. The molecule has 1 fully saturated rings. The van der Waals surface area contributed by atoms with Gasteiger partial charge in [-0.2, -0.15) is 0 Å². The minimum atomic E-state index is -0.0467. The fourth-order valence-corrected chi connectivity index (χ4v) is 2.89. The van der Waals surface area contributed by atoms with E-state index >= 15 is 0 Å². The molecule has 0 unspecified atom stereocenters. The number of benzene rings is 1. The summed E-state index contributed by atoms with van der Waals surface area (Å²) in [5.41, 5.74) is 1.30. The summed E-state index contributed by atoms with van der Waals surface area (Å²) in [6.07, 6.45) is 6.73. The van der Waals surface area contributed by atoms with Crippen molar-refractivity contribution in [3.05, 3.63) is 29.8 Å². The highest BCUT2D eigenvalue weighted by molar-refractivity contribution is 5.77. The zero-order valence-corrected chi connectivity index (χ0v) is 14.2. The van der Waals surface area contributed by atoms with Crippen LogP contribution < -0.4 is 10.1 Å². The number of carbonyl (C=O) groups excluding carboxylic acids is 1. The predicted molar refractivity (Wildman–Crippen MR) is 91.7 cm³/mol. The molecule has 1 heterocycles. The molecule has 4 heteroatoms. The molecule has 0 spiro atoms. The SMILES string of the molecule is CCCc1ccc(OCC(=O)NCCCC2CCOCC2)cc1. The number of hydrogen-bond acceptors (Lipinski definition) is 3. The van der Waals surface area contributed by atoms with E-state index in [4.69, 9.17) is 9.47 Å². The monoisotopic (exact) mass is 319 g/mol. The Balaban J connectivity index is 1.55. The van der Waals surface area contributed by atoms with Gasteiger partial charge in [0, 0.05) is 19.8 Å². The lowest BCUT2D eigenvalue weighted by Crippen LogP contribution is -2.30. The van der Waals surface area contributed by atoms with Crippen LogP contribution in [0.25, 0.3) is 0 Å². The van der Waals surface area contributed by atoms with Gasteiger partial charge >= 0.3 is 0 Å². The van der Waals surface area contributed by atoms with Crippen molar-refractivity contribution in [2.75, 3.05) is 26.4 Å². The topological polar surface area (TPSA) is 47.6 Å². The third kappa shape index (κ3) is 7.04. The van der Waals surface area contributed by atoms with E-state index in [0.29, 0.717) is 0 Å². The fraction of sp³-hybridized carbons (Fsp3) is 0.632. The molecule has 4 nitrogen and oxygen atoms in total. The Morgan fingerprint density at radius 1 is 1.26 bits per heavy atom. The molecule has 0 aliphatic carbocycles. The normalized spacial score (nSPS) is 15.3. The van der Waals surface area contributed by atoms with Crippen LogP contribution in [0.2, 0.25) is 0 Å². The second-order valence-corrected chi connectivity index (χ2v) is 6.23. The van der Waals surface area contributed by atoms with Gasteiger partial charge in [0.15, 0.2) is 6.61 Å². The van der Waals surface area contributed by atoms with Gasteiger partial charge in [-0.1, -0.05) is 25.5 Å². The molecule has 1 amide bonds. The molecule has 0 bridgehead atoms. The van der Waals surface area contributed by atoms with Crippen LogP contribution in [0.5, 0.6) is 5.75 Å². The van der Waals surface area contributed by atoms with Crippen molar-refractivity contribution < 1.29 is 14.3 Å². The molecule has 1 aliphatic heterocycles. The van der Waals surface area contributed by atoms with E-state index in [2.05, 4.69) is 24.4 Å². The Hall–Kier alpha value is -1.55. The quantitative estimate of drug-likeness (QED) is 0.710. The lowest BCUT2D eigenvalue weighted by atomic mass is 9.95. The van der Waals surface area contributed by atoms with Crippen LogP contribution in [0.15, 0.2) is 24.3 Å². The molecular weight excluding hydrogens is 290 g/mol. The van der Waals surface area contributed by atoms with Gasteiger partial charge < -0.3 is 14.8 Å². The predicted octanol–water partition coefficient (Wildman–Crippen LogP) is 3.34. The maximum Gasteiger partial charge on any atom is 0.257 e. The summed E-state index contributed by atoms with van der Waals surface area (Å²) >= 11 is 0. The van der Waals surface area contributed by atoms with Crippen molar-refractivity contribution in [3.8, 4) is 5.75 Å². The van der Waals surface area contributed by atoms with Gasteiger partial charge in [-0.15, -0.1) is 0 Å². The number of aryl methyl sites for hydroxylation is 1. The summed E-state index contributed by atoms with van der Waals surface area (Å²) < 4.78 is 10.9. The zero-order valence-electron chi connectivity index (χ0n) is 14.2. The van der Waals surface area contributed by atoms with E-state index in [-0.39, 0.29) is 12.5 Å². The second kappa shape index (κ2) is 10.3. The highest BCUT2D eigenvalue weighted by Gasteiger charge is 2.13. The first-order valence-corrected chi connectivity index (χ1v) is 8.84. The van der Waals surface area contributed by atoms with E-state index < -0.39 is 0 Å². The van der Waals surface area contributed by atoms with Gasteiger partial charge in [0.2, 0.25) is 0 Å². The molecule has 1 aromatic rings. The summed E-state index contributed by atoms with van der Waals surface area (Å²) in [6, 6.07) is 7.99. The van der Waals surface area contributed by atoms with Crippen LogP contribution in [0.3, 0.4) is 0 Å². The van der Waals surface area contributed by atoms with Gasteiger partial charge in [0.25, 0.3) is 5.91 Å². The van der Waals surface area contributed by atoms with E-state index in [0.717, 1.165) is 63.5 Å². The lowest BCUT2D eigenvalue weighted by molar-refractivity contribution is -0.123. The highest BCUT2D eigenvalue weighted by atomic mass is 16.5. The fourth-order valence-electron chi connectivity index (χ4n) is 2.89. The van der Waals surface area contributed by atoms with Crippen molar-refractivity contribution in [3.63, 3.8) is 0 Å². The van der Waals surface area contributed by atoms with Crippen LogP contribution in [-0.2, 0) is 16.0 Å². The van der Waals surface area contributed by atoms with E-state index in [1.165, 1.54) is 12.0 Å². The van der Waals surface area contributed by atoms with Crippen LogP contribution in [-0.4, -0.2) is 32.3 Å². The smallest absolute Gasteiger partial charge is 0.257 e.